The number of amides is 1. The molecule has 1 N–H and O–H groups in total. The number of nitrogens with one attached hydrogen (secondary N) is 1. The molecule has 156 valence electrons. The summed E-state index contributed by atoms with van der Waals surface area (Å²) in [5, 5.41) is 3.21. The zero-order valence-electron chi connectivity index (χ0n) is 16.2. The Morgan fingerprint density at radius 3 is 2.65 bits per heavy atom. The van der Waals surface area contributed by atoms with Crippen LogP contribution in [0.25, 0.3) is 22.1 Å². The third-order valence-corrected chi connectivity index (χ3v) is 5.08. The van der Waals surface area contributed by atoms with Crippen LogP contribution in [0.15, 0.2) is 82.2 Å². The van der Waals surface area contributed by atoms with Gasteiger partial charge in [-0.2, -0.15) is 0 Å². The molecule has 0 bridgehead atoms. The Morgan fingerprint density at radius 1 is 1.06 bits per heavy atom. The van der Waals surface area contributed by atoms with E-state index < -0.39 is 11.7 Å². The van der Waals surface area contributed by atoms with Crippen molar-refractivity contribution >= 4 is 28.5 Å². The van der Waals surface area contributed by atoms with Crippen LogP contribution in [0.4, 0.5) is 4.39 Å². The van der Waals surface area contributed by atoms with Crippen molar-refractivity contribution < 1.29 is 18.3 Å². The van der Waals surface area contributed by atoms with Crippen LogP contribution in [0.1, 0.15) is 5.56 Å². The molecule has 7 heteroatoms. The van der Waals surface area contributed by atoms with Crippen LogP contribution < -0.4 is 15.5 Å². The quantitative estimate of drug-likeness (QED) is 0.463. The fourth-order valence-electron chi connectivity index (χ4n) is 3.10. The second-order valence-electron chi connectivity index (χ2n) is 6.77. The Labute approximate surface area is 182 Å². The van der Waals surface area contributed by atoms with Crippen LogP contribution >= 0.6 is 11.6 Å². The Balaban J connectivity index is 1.43. The van der Waals surface area contributed by atoms with E-state index in [2.05, 4.69) is 5.32 Å². The summed E-state index contributed by atoms with van der Waals surface area (Å²) < 4.78 is 24.9. The van der Waals surface area contributed by atoms with Crippen molar-refractivity contribution in [3.8, 4) is 16.9 Å². The summed E-state index contributed by atoms with van der Waals surface area (Å²) in [6.07, 6.45) is 1.41. The fourth-order valence-corrected chi connectivity index (χ4v) is 3.33. The fraction of sp³-hybridized carbons (Fsp3) is 0.0833. The largest absolute Gasteiger partial charge is 0.484 e. The lowest BCUT2D eigenvalue weighted by molar-refractivity contribution is -0.123. The van der Waals surface area contributed by atoms with Crippen molar-refractivity contribution in [2.24, 2.45) is 0 Å². The smallest absolute Gasteiger partial charge is 0.258 e. The van der Waals surface area contributed by atoms with E-state index in [-0.39, 0.29) is 29.2 Å². The molecule has 5 nitrogen and oxygen atoms in total. The summed E-state index contributed by atoms with van der Waals surface area (Å²) in [5.41, 5.74) is 1.64. The van der Waals surface area contributed by atoms with Crippen LogP contribution in [0, 0.1) is 5.82 Å². The summed E-state index contributed by atoms with van der Waals surface area (Å²) in [6.45, 7) is -0.341. The topological polar surface area (TPSA) is 68.5 Å². The molecule has 31 heavy (non-hydrogen) atoms. The zero-order chi connectivity index (χ0) is 21.8. The second kappa shape index (κ2) is 9.02. The maximum atomic E-state index is 13.8. The normalized spacial score (nSPS) is 10.8. The minimum atomic E-state index is -0.492. The summed E-state index contributed by atoms with van der Waals surface area (Å²) in [5.74, 6) is -0.573. The molecular formula is C24H17ClFNO4. The summed E-state index contributed by atoms with van der Waals surface area (Å²) in [4.78, 5) is 24.8. The second-order valence-corrected chi connectivity index (χ2v) is 7.18. The number of hydrogen-bond donors (Lipinski definition) is 1. The molecule has 0 aliphatic carbocycles. The van der Waals surface area contributed by atoms with Gasteiger partial charge in [0.1, 0.15) is 23.4 Å². The third kappa shape index (κ3) is 4.59. The highest BCUT2D eigenvalue weighted by Gasteiger charge is 2.12. The van der Waals surface area contributed by atoms with Gasteiger partial charge >= 0.3 is 0 Å². The molecule has 0 aliphatic rings. The van der Waals surface area contributed by atoms with E-state index in [1.807, 2.05) is 30.3 Å². The number of fused-ring (bicyclic) bond motifs is 1. The number of carbonyl (C=O) groups is 1. The molecule has 0 spiro atoms. The lowest BCUT2D eigenvalue weighted by Crippen LogP contribution is -2.28. The van der Waals surface area contributed by atoms with Crippen molar-refractivity contribution in [1.29, 1.82) is 0 Å². The first-order chi connectivity index (χ1) is 15.0. The third-order valence-electron chi connectivity index (χ3n) is 4.72. The summed E-state index contributed by atoms with van der Waals surface area (Å²) in [7, 11) is 0. The van der Waals surface area contributed by atoms with E-state index >= 15 is 0 Å². The van der Waals surface area contributed by atoms with Gasteiger partial charge in [0.25, 0.3) is 5.91 Å². The van der Waals surface area contributed by atoms with Crippen LogP contribution in [0.3, 0.4) is 0 Å². The molecule has 4 rings (SSSR count). The van der Waals surface area contributed by atoms with Gasteiger partial charge < -0.3 is 14.5 Å². The Morgan fingerprint density at radius 2 is 1.87 bits per heavy atom. The maximum Gasteiger partial charge on any atom is 0.258 e. The summed E-state index contributed by atoms with van der Waals surface area (Å²) >= 11 is 5.95. The first kappa shape index (κ1) is 20.6. The highest BCUT2D eigenvalue weighted by Crippen LogP contribution is 2.23. The lowest BCUT2D eigenvalue weighted by Gasteiger charge is -2.10. The predicted octanol–water partition coefficient (Wildman–Crippen LogP) is 4.95. The minimum Gasteiger partial charge on any atom is -0.484 e. The van der Waals surface area contributed by atoms with Gasteiger partial charge in [-0.3, -0.25) is 9.59 Å². The number of benzene rings is 3. The SMILES string of the molecule is O=C(COc1ccc2c(=O)c(-c3ccccc3)coc2c1)NCc1c(F)cccc1Cl. The van der Waals surface area contributed by atoms with Gasteiger partial charge in [0, 0.05) is 23.2 Å². The highest BCUT2D eigenvalue weighted by atomic mass is 35.5. The Bertz CT molecular complexity index is 1280. The molecule has 4 aromatic rings. The first-order valence-electron chi connectivity index (χ1n) is 9.46. The average Bonchev–Trinajstić information content (AvgIpc) is 2.78. The van der Waals surface area contributed by atoms with E-state index in [0.29, 0.717) is 22.3 Å². The zero-order valence-corrected chi connectivity index (χ0v) is 17.0. The van der Waals surface area contributed by atoms with Gasteiger partial charge in [-0.15, -0.1) is 0 Å². The van der Waals surface area contributed by atoms with Crippen LogP contribution in [0.2, 0.25) is 5.02 Å². The monoisotopic (exact) mass is 437 g/mol. The number of hydrogen-bond acceptors (Lipinski definition) is 4. The first-order valence-corrected chi connectivity index (χ1v) is 9.84. The molecule has 0 saturated heterocycles. The predicted molar refractivity (Wildman–Crippen MR) is 117 cm³/mol. The molecule has 0 fully saturated rings. The van der Waals surface area contributed by atoms with Crippen molar-refractivity contribution in [2.75, 3.05) is 6.61 Å². The van der Waals surface area contributed by atoms with E-state index in [1.54, 1.807) is 24.3 Å². The van der Waals surface area contributed by atoms with Crippen LogP contribution in [-0.2, 0) is 11.3 Å². The maximum absolute atomic E-state index is 13.8. The Kier molecular flexibility index (Phi) is 6.00. The minimum absolute atomic E-state index is 0.0530. The average molecular weight is 438 g/mol. The Hall–Kier alpha value is -3.64. The molecule has 1 aromatic heterocycles. The van der Waals surface area contributed by atoms with Gasteiger partial charge in [0.05, 0.1) is 10.9 Å². The molecule has 1 amide bonds. The molecule has 3 aromatic carbocycles. The highest BCUT2D eigenvalue weighted by molar-refractivity contribution is 6.31. The van der Waals surface area contributed by atoms with E-state index in [9.17, 15) is 14.0 Å². The molecule has 1 heterocycles. The van der Waals surface area contributed by atoms with Crippen LogP contribution in [-0.4, -0.2) is 12.5 Å². The number of carbonyl (C=O) groups excluding carboxylic acids is 1. The number of rotatable bonds is 6. The standard InChI is InChI=1S/C24H17ClFNO4/c25-20-7-4-8-21(26)18(20)12-27-23(28)14-30-16-9-10-17-22(11-16)31-13-19(24(17)29)15-5-2-1-3-6-15/h1-11,13H,12,14H2,(H,27,28). The molecule has 0 atom stereocenters. The van der Waals surface area contributed by atoms with Crippen LogP contribution in [0.5, 0.6) is 5.75 Å². The van der Waals surface area contributed by atoms with Crippen molar-refractivity contribution in [2.45, 2.75) is 6.54 Å². The molecule has 0 aliphatic heterocycles. The number of ether oxygens (including phenoxy) is 1. The van der Waals surface area contributed by atoms with Gasteiger partial charge in [-0.1, -0.05) is 48.0 Å². The van der Waals surface area contributed by atoms with E-state index in [4.69, 9.17) is 20.8 Å². The van der Waals surface area contributed by atoms with Gasteiger partial charge in [-0.05, 0) is 29.8 Å². The van der Waals surface area contributed by atoms with Crippen molar-refractivity contribution in [3.63, 3.8) is 0 Å². The molecule has 0 unspecified atom stereocenters. The van der Waals surface area contributed by atoms with Gasteiger partial charge in [-0.25, -0.2) is 4.39 Å². The lowest BCUT2D eigenvalue weighted by atomic mass is 10.1. The van der Waals surface area contributed by atoms with E-state index in [0.717, 1.165) is 5.56 Å². The van der Waals surface area contributed by atoms with Crippen molar-refractivity contribution in [1.82, 2.24) is 5.32 Å². The van der Waals surface area contributed by atoms with Crippen molar-refractivity contribution in [3.05, 3.63) is 99.6 Å². The molecular weight excluding hydrogens is 421 g/mol. The molecule has 0 radical (unpaired) electrons. The van der Waals surface area contributed by atoms with E-state index in [1.165, 1.54) is 18.4 Å². The van der Waals surface area contributed by atoms with Gasteiger partial charge in [0.15, 0.2) is 12.0 Å². The summed E-state index contributed by atoms with van der Waals surface area (Å²) in [6, 6.07) is 18.3. The number of halogens is 2. The molecule has 0 saturated carbocycles. The van der Waals surface area contributed by atoms with Gasteiger partial charge in [0.2, 0.25) is 0 Å².